The van der Waals surface area contributed by atoms with Crippen molar-refractivity contribution in [2.75, 3.05) is 18.9 Å². The normalized spacial score (nSPS) is 11.4. The fraction of sp³-hybridized carbons (Fsp3) is 0.786. The van der Waals surface area contributed by atoms with Crippen molar-refractivity contribution in [2.24, 2.45) is 0 Å². The lowest BCUT2D eigenvalue weighted by Crippen LogP contribution is -2.21. The molecule has 0 N–H and O–H groups in total. The summed E-state index contributed by atoms with van der Waals surface area (Å²) < 4.78 is 2.13. The molecule has 0 unspecified atom stereocenters. The third kappa shape index (κ3) is 5.11. The standard InChI is InChI=1S/C14H26BrN3/c1-4-13-11-14(18(5-2)16-13)12-17(3)10-8-6-7-9-15/h11H,4-10,12H2,1-3H3. The van der Waals surface area contributed by atoms with E-state index in [1.54, 1.807) is 0 Å². The second-order valence-electron chi connectivity index (χ2n) is 4.78. The molecule has 0 aromatic carbocycles. The van der Waals surface area contributed by atoms with E-state index in [-0.39, 0.29) is 0 Å². The van der Waals surface area contributed by atoms with Gasteiger partial charge in [-0.1, -0.05) is 29.3 Å². The van der Waals surface area contributed by atoms with Crippen LogP contribution in [-0.2, 0) is 19.5 Å². The van der Waals surface area contributed by atoms with Gasteiger partial charge in [-0.15, -0.1) is 0 Å². The van der Waals surface area contributed by atoms with Crippen molar-refractivity contribution in [3.8, 4) is 0 Å². The number of hydrogen-bond donors (Lipinski definition) is 0. The van der Waals surface area contributed by atoms with Crippen molar-refractivity contribution < 1.29 is 0 Å². The molecule has 1 rings (SSSR count). The average Bonchev–Trinajstić information content (AvgIpc) is 2.77. The van der Waals surface area contributed by atoms with Gasteiger partial charge in [-0.25, -0.2) is 0 Å². The van der Waals surface area contributed by atoms with E-state index < -0.39 is 0 Å². The largest absolute Gasteiger partial charge is 0.301 e. The van der Waals surface area contributed by atoms with E-state index in [0.29, 0.717) is 0 Å². The topological polar surface area (TPSA) is 21.1 Å². The Balaban J connectivity index is 2.42. The molecule has 0 aliphatic heterocycles. The summed E-state index contributed by atoms with van der Waals surface area (Å²) in [7, 11) is 2.20. The highest BCUT2D eigenvalue weighted by atomic mass is 79.9. The van der Waals surface area contributed by atoms with Gasteiger partial charge in [0.05, 0.1) is 11.4 Å². The van der Waals surface area contributed by atoms with Crippen LogP contribution in [0.15, 0.2) is 6.07 Å². The smallest absolute Gasteiger partial charge is 0.0625 e. The SMILES string of the molecule is CCc1cc(CN(C)CCCCCBr)n(CC)n1. The average molecular weight is 316 g/mol. The predicted octanol–water partition coefficient (Wildman–Crippen LogP) is 3.46. The fourth-order valence-corrected chi connectivity index (χ4v) is 2.49. The lowest BCUT2D eigenvalue weighted by molar-refractivity contribution is 0.307. The summed E-state index contributed by atoms with van der Waals surface area (Å²) in [5, 5.41) is 5.72. The minimum Gasteiger partial charge on any atom is -0.301 e. The molecule has 104 valence electrons. The van der Waals surface area contributed by atoms with Gasteiger partial charge in [0, 0.05) is 18.4 Å². The molecular formula is C14H26BrN3. The molecule has 1 heterocycles. The van der Waals surface area contributed by atoms with Crippen LogP contribution in [0.2, 0.25) is 0 Å². The van der Waals surface area contributed by atoms with Crippen LogP contribution in [0.4, 0.5) is 0 Å². The second-order valence-corrected chi connectivity index (χ2v) is 5.58. The lowest BCUT2D eigenvalue weighted by Gasteiger charge is -2.16. The first-order valence-corrected chi connectivity index (χ1v) is 8.13. The summed E-state index contributed by atoms with van der Waals surface area (Å²) in [5.41, 5.74) is 2.55. The molecule has 18 heavy (non-hydrogen) atoms. The van der Waals surface area contributed by atoms with Crippen LogP contribution in [-0.4, -0.2) is 33.6 Å². The number of hydrogen-bond acceptors (Lipinski definition) is 2. The molecular weight excluding hydrogens is 290 g/mol. The van der Waals surface area contributed by atoms with E-state index in [4.69, 9.17) is 0 Å². The van der Waals surface area contributed by atoms with E-state index >= 15 is 0 Å². The Kier molecular flexibility index (Phi) is 7.59. The van der Waals surface area contributed by atoms with Crippen LogP contribution in [0.5, 0.6) is 0 Å². The van der Waals surface area contributed by atoms with Crippen LogP contribution in [0.25, 0.3) is 0 Å². The van der Waals surface area contributed by atoms with Crippen molar-refractivity contribution in [3.63, 3.8) is 0 Å². The third-order valence-electron chi connectivity index (χ3n) is 3.18. The third-order valence-corrected chi connectivity index (χ3v) is 3.74. The van der Waals surface area contributed by atoms with Crippen molar-refractivity contribution in [3.05, 3.63) is 17.5 Å². The molecule has 0 atom stereocenters. The molecule has 1 aromatic heterocycles. The van der Waals surface area contributed by atoms with Crippen LogP contribution < -0.4 is 0 Å². The highest BCUT2D eigenvalue weighted by Gasteiger charge is 2.08. The number of nitrogens with zero attached hydrogens (tertiary/aromatic N) is 3. The minimum atomic E-state index is 0.965. The Morgan fingerprint density at radius 2 is 2.06 bits per heavy atom. The van der Waals surface area contributed by atoms with Crippen molar-refractivity contribution in [1.82, 2.24) is 14.7 Å². The molecule has 4 heteroatoms. The number of aryl methyl sites for hydroxylation is 2. The fourth-order valence-electron chi connectivity index (χ4n) is 2.10. The van der Waals surface area contributed by atoms with Gasteiger partial charge < -0.3 is 4.90 Å². The summed E-state index contributed by atoms with van der Waals surface area (Å²) >= 11 is 3.47. The molecule has 0 aliphatic rings. The van der Waals surface area contributed by atoms with Gasteiger partial charge in [0.1, 0.15) is 0 Å². The Hall–Kier alpha value is -0.350. The van der Waals surface area contributed by atoms with Crippen LogP contribution >= 0.6 is 15.9 Å². The van der Waals surface area contributed by atoms with Crippen LogP contribution in [0.3, 0.4) is 0 Å². The maximum absolute atomic E-state index is 4.59. The van der Waals surface area contributed by atoms with Gasteiger partial charge in [-0.05, 0) is 45.8 Å². The highest BCUT2D eigenvalue weighted by molar-refractivity contribution is 9.09. The number of rotatable bonds is 9. The quantitative estimate of drug-likeness (QED) is 0.514. The highest BCUT2D eigenvalue weighted by Crippen LogP contribution is 2.09. The van der Waals surface area contributed by atoms with Crippen molar-refractivity contribution in [2.45, 2.75) is 52.6 Å². The second kappa shape index (κ2) is 8.70. The zero-order valence-corrected chi connectivity index (χ0v) is 13.5. The minimum absolute atomic E-state index is 0.965. The first-order chi connectivity index (χ1) is 8.71. The molecule has 0 fully saturated rings. The van der Waals surface area contributed by atoms with Gasteiger partial charge in [0.25, 0.3) is 0 Å². The summed E-state index contributed by atoms with van der Waals surface area (Å²) in [6.45, 7) is 7.47. The van der Waals surface area contributed by atoms with E-state index in [2.05, 4.69) is 57.6 Å². The Labute approximate surface area is 120 Å². The van der Waals surface area contributed by atoms with Gasteiger partial charge in [0.15, 0.2) is 0 Å². The summed E-state index contributed by atoms with van der Waals surface area (Å²) in [5.74, 6) is 0. The van der Waals surface area contributed by atoms with Crippen molar-refractivity contribution >= 4 is 15.9 Å². The molecule has 0 bridgehead atoms. The molecule has 0 spiro atoms. The first kappa shape index (κ1) is 15.7. The number of alkyl halides is 1. The summed E-state index contributed by atoms with van der Waals surface area (Å²) in [4.78, 5) is 2.40. The lowest BCUT2D eigenvalue weighted by atomic mass is 10.2. The van der Waals surface area contributed by atoms with E-state index in [9.17, 15) is 0 Å². The van der Waals surface area contributed by atoms with Gasteiger partial charge in [0.2, 0.25) is 0 Å². The van der Waals surface area contributed by atoms with E-state index in [0.717, 1.165) is 24.8 Å². The van der Waals surface area contributed by atoms with Gasteiger partial charge in [-0.2, -0.15) is 5.10 Å². The van der Waals surface area contributed by atoms with Gasteiger partial charge in [-0.3, -0.25) is 4.68 Å². The molecule has 3 nitrogen and oxygen atoms in total. The maximum atomic E-state index is 4.59. The molecule has 0 saturated carbocycles. The Bertz CT molecular complexity index is 336. The summed E-state index contributed by atoms with van der Waals surface area (Å²) in [6, 6.07) is 2.25. The van der Waals surface area contributed by atoms with E-state index in [1.165, 1.54) is 37.2 Å². The number of aromatic nitrogens is 2. The molecule has 0 radical (unpaired) electrons. The zero-order valence-electron chi connectivity index (χ0n) is 12.0. The first-order valence-electron chi connectivity index (χ1n) is 7.01. The Morgan fingerprint density at radius 1 is 1.28 bits per heavy atom. The van der Waals surface area contributed by atoms with Crippen LogP contribution in [0.1, 0.15) is 44.5 Å². The van der Waals surface area contributed by atoms with Crippen molar-refractivity contribution in [1.29, 1.82) is 0 Å². The predicted molar refractivity (Wildman–Crippen MR) is 81.3 cm³/mol. The van der Waals surface area contributed by atoms with Crippen LogP contribution in [0, 0.1) is 0 Å². The van der Waals surface area contributed by atoms with E-state index in [1.807, 2.05) is 0 Å². The molecule has 0 aliphatic carbocycles. The zero-order chi connectivity index (χ0) is 13.4. The molecule has 0 saturated heterocycles. The monoisotopic (exact) mass is 315 g/mol. The molecule has 1 aromatic rings. The Morgan fingerprint density at radius 3 is 2.67 bits per heavy atom. The summed E-state index contributed by atoms with van der Waals surface area (Å²) in [6.07, 6.45) is 4.89. The number of unbranched alkanes of at least 4 members (excludes halogenated alkanes) is 2. The number of halogens is 1. The van der Waals surface area contributed by atoms with Gasteiger partial charge >= 0.3 is 0 Å². The molecule has 0 amide bonds. The maximum Gasteiger partial charge on any atom is 0.0625 e.